The third-order valence-corrected chi connectivity index (χ3v) is 13.5. The van der Waals surface area contributed by atoms with Crippen LogP contribution in [0, 0.1) is 55.4 Å². The topological polar surface area (TPSA) is 4.93 Å². The van der Waals surface area contributed by atoms with Crippen molar-refractivity contribution in [3.05, 3.63) is 220 Å². The number of hydrogen-bond acceptors (Lipinski definition) is 0. The Balaban J connectivity index is 1.24. The lowest BCUT2D eigenvalue weighted by molar-refractivity contribution is 0.587. The lowest BCUT2D eigenvalue weighted by Gasteiger charge is -2.24. The monoisotopic (exact) mass is 867 g/mol. The van der Waals surface area contributed by atoms with Gasteiger partial charge in [-0.15, -0.1) is 0 Å². The normalized spacial score (nSPS) is 11.8. The Kier molecular flexibility index (Phi) is 11.0. The molecule has 9 aromatic carbocycles. The number of benzene rings is 9. The van der Waals surface area contributed by atoms with Gasteiger partial charge in [-0.1, -0.05) is 168 Å². The molecule has 0 saturated heterocycles. The highest BCUT2D eigenvalue weighted by atomic mass is 15.0. The maximum Gasteiger partial charge on any atom is 0.0541 e. The SMILES string of the molecule is Cc1cc(C)cc(-c2cc(-c3cc(C)cc(C)c3)cc(-c3ccc4c(c3)c3cc(-c5cc(-c6cc(C)cc(C)c6)cc(-c6cc(C)cc(C)c6)c5)ccc3n4-c3ccccc3C(C)(C)C)c2)c1. The second kappa shape index (κ2) is 16.9. The fourth-order valence-electron chi connectivity index (χ4n) is 10.8. The van der Waals surface area contributed by atoms with Crippen LogP contribution in [0.3, 0.4) is 0 Å². The van der Waals surface area contributed by atoms with Crippen molar-refractivity contribution in [1.82, 2.24) is 4.57 Å². The van der Waals surface area contributed by atoms with Gasteiger partial charge in [-0.05, 0) is 200 Å². The maximum absolute atomic E-state index is 2.51. The lowest BCUT2D eigenvalue weighted by Crippen LogP contribution is -2.15. The first-order valence-corrected chi connectivity index (χ1v) is 23.9. The van der Waals surface area contributed by atoms with Crippen LogP contribution in [0.25, 0.3) is 94.3 Å². The molecule has 0 spiro atoms. The van der Waals surface area contributed by atoms with Gasteiger partial charge >= 0.3 is 0 Å². The van der Waals surface area contributed by atoms with Gasteiger partial charge in [0.25, 0.3) is 0 Å². The minimum atomic E-state index is -0.0579. The van der Waals surface area contributed by atoms with E-state index in [1.807, 2.05) is 0 Å². The molecular formula is C66H61N. The van der Waals surface area contributed by atoms with Gasteiger partial charge in [0.2, 0.25) is 0 Å². The highest BCUT2D eigenvalue weighted by molar-refractivity contribution is 6.12. The largest absolute Gasteiger partial charge is 0.309 e. The number of aromatic nitrogens is 1. The Morgan fingerprint density at radius 2 is 0.537 bits per heavy atom. The maximum atomic E-state index is 2.51. The molecule has 0 fully saturated rings. The first-order valence-electron chi connectivity index (χ1n) is 23.9. The number of aryl methyl sites for hydroxylation is 8. The summed E-state index contributed by atoms with van der Waals surface area (Å²) in [5.74, 6) is 0. The van der Waals surface area contributed by atoms with Crippen molar-refractivity contribution in [3.63, 3.8) is 0 Å². The lowest BCUT2D eigenvalue weighted by atomic mass is 9.85. The van der Waals surface area contributed by atoms with E-state index in [1.54, 1.807) is 0 Å². The highest BCUT2D eigenvalue weighted by Gasteiger charge is 2.23. The van der Waals surface area contributed by atoms with E-state index in [4.69, 9.17) is 0 Å². The Labute approximate surface area is 398 Å². The number of rotatable bonds is 7. The van der Waals surface area contributed by atoms with Crippen LogP contribution in [-0.4, -0.2) is 4.57 Å². The Hall–Kier alpha value is -7.22. The summed E-state index contributed by atoms with van der Waals surface area (Å²) in [6.07, 6.45) is 0. The predicted molar refractivity (Wildman–Crippen MR) is 290 cm³/mol. The summed E-state index contributed by atoms with van der Waals surface area (Å²) >= 11 is 0. The molecule has 1 heterocycles. The smallest absolute Gasteiger partial charge is 0.0541 e. The van der Waals surface area contributed by atoms with E-state index in [0.717, 1.165) is 0 Å². The van der Waals surface area contributed by atoms with Crippen LogP contribution in [0.5, 0.6) is 0 Å². The van der Waals surface area contributed by atoms with Crippen molar-refractivity contribution < 1.29 is 0 Å². The molecule has 0 aliphatic heterocycles. The molecule has 0 amide bonds. The van der Waals surface area contributed by atoms with Crippen LogP contribution in [-0.2, 0) is 5.41 Å². The van der Waals surface area contributed by atoms with Crippen molar-refractivity contribution >= 4 is 21.8 Å². The molecule has 0 aliphatic rings. The number of fused-ring (bicyclic) bond motifs is 3. The Morgan fingerprint density at radius 3 is 0.836 bits per heavy atom. The molecule has 1 nitrogen and oxygen atoms in total. The summed E-state index contributed by atoms with van der Waals surface area (Å²) in [6.45, 7) is 24.6. The molecular weight excluding hydrogens is 807 g/mol. The zero-order chi connectivity index (χ0) is 46.9. The van der Waals surface area contributed by atoms with E-state index >= 15 is 0 Å². The second-order valence-electron chi connectivity index (χ2n) is 20.7. The van der Waals surface area contributed by atoms with Crippen molar-refractivity contribution in [1.29, 1.82) is 0 Å². The van der Waals surface area contributed by atoms with Crippen molar-refractivity contribution in [2.45, 2.75) is 81.6 Å². The molecule has 0 radical (unpaired) electrons. The van der Waals surface area contributed by atoms with Gasteiger partial charge in [-0.2, -0.15) is 0 Å². The summed E-state index contributed by atoms with van der Waals surface area (Å²) in [7, 11) is 0. The van der Waals surface area contributed by atoms with Gasteiger partial charge in [0, 0.05) is 16.5 Å². The van der Waals surface area contributed by atoms with Crippen molar-refractivity contribution in [2.75, 3.05) is 0 Å². The van der Waals surface area contributed by atoms with E-state index in [0.29, 0.717) is 0 Å². The average Bonchev–Trinajstić information content (AvgIpc) is 3.60. The fraction of sp³-hybridized carbons (Fsp3) is 0.182. The minimum Gasteiger partial charge on any atom is -0.309 e. The predicted octanol–water partition coefficient (Wildman–Crippen LogP) is 18.6. The van der Waals surface area contributed by atoms with Crippen LogP contribution < -0.4 is 0 Å². The fourth-order valence-corrected chi connectivity index (χ4v) is 10.8. The molecule has 10 aromatic rings. The van der Waals surface area contributed by atoms with E-state index in [9.17, 15) is 0 Å². The summed E-state index contributed by atoms with van der Waals surface area (Å²) in [5, 5.41) is 2.48. The third-order valence-electron chi connectivity index (χ3n) is 13.5. The molecule has 0 aliphatic carbocycles. The van der Waals surface area contributed by atoms with Gasteiger partial charge < -0.3 is 4.57 Å². The van der Waals surface area contributed by atoms with E-state index in [2.05, 4.69) is 251 Å². The number of nitrogens with zero attached hydrogens (tertiary/aromatic N) is 1. The molecule has 1 heteroatoms. The molecule has 10 rings (SSSR count). The zero-order valence-electron chi connectivity index (χ0n) is 41.1. The molecule has 0 saturated carbocycles. The molecule has 0 atom stereocenters. The first-order chi connectivity index (χ1) is 32.0. The van der Waals surface area contributed by atoms with Crippen LogP contribution in [0.15, 0.2) is 170 Å². The van der Waals surface area contributed by atoms with Crippen LogP contribution in [0.2, 0.25) is 0 Å². The number of hydrogen-bond donors (Lipinski definition) is 0. The average molecular weight is 868 g/mol. The van der Waals surface area contributed by atoms with Crippen molar-refractivity contribution in [3.8, 4) is 72.4 Å². The van der Waals surface area contributed by atoms with Gasteiger partial charge in [0.05, 0.1) is 11.0 Å². The van der Waals surface area contributed by atoms with Gasteiger partial charge in [-0.3, -0.25) is 0 Å². The van der Waals surface area contributed by atoms with E-state index in [1.165, 1.54) is 144 Å². The molecule has 330 valence electrons. The van der Waals surface area contributed by atoms with E-state index < -0.39 is 0 Å². The van der Waals surface area contributed by atoms with E-state index in [-0.39, 0.29) is 5.41 Å². The van der Waals surface area contributed by atoms with Gasteiger partial charge in [-0.25, -0.2) is 0 Å². The third kappa shape index (κ3) is 8.68. The molecule has 0 unspecified atom stereocenters. The summed E-state index contributed by atoms with van der Waals surface area (Å²) in [6, 6.07) is 65.3. The minimum absolute atomic E-state index is 0.0579. The quantitative estimate of drug-likeness (QED) is 0.150. The summed E-state index contributed by atoms with van der Waals surface area (Å²) in [4.78, 5) is 0. The second-order valence-corrected chi connectivity index (χ2v) is 20.7. The Morgan fingerprint density at radius 1 is 0.269 bits per heavy atom. The molecule has 0 N–H and O–H groups in total. The number of para-hydroxylation sites is 1. The highest BCUT2D eigenvalue weighted by Crippen LogP contribution is 2.43. The van der Waals surface area contributed by atoms with Gasteiger partial charge in [0.1, 0.15) is 0 Å². The molecule has 67 heavy (non-hydrogen) atoms. The first kappa shape index (κ1) is 43.7. The summed E-state index contributed by atoms with van der Waals surface area (Å²) < 4.78 is 2.51. The van der Waals surface area contributed by atoms with Crippen LogP contribution in [0.1, 0.15) is 70.8 Å². The molecule has 0 bridgehead atoms. The zero-order valence-corrected chi connectivity index (χ0v) is 41.1. The summed E-state index contributed by atoms with van der Waals surface area (Å²) in [5.41, 5.74) is 29.8. The van der Waals surface area contributed by atoms with Crippen LogP contribution >= 0.6 is 0 Å². The standard InChI is InChI=1S/C66H61N/c1-40-20-41(2)25-50(24-40)56-32-54(33-57(36-56)51-26-42(3)21-43(4)27-51)48-16-18-63-60(38-48)61-39-49(17-19-64(61)67(63)65-15-13-12-14-62(65)66(9,10)11)55-34-58(52-28-44(5)22-45(6)29-52)37-59(35-55)53-30-46(7)23-47(8)31-53/h12-39H,1-11H3. The van der Waals surface area contributed by atoms with Crippen molar-refractivity contribution in [2.24, 2.45) is 0 Å². The van der Waals surface area contributed by atoms with Gasteiger partial charge in [0.15, 0.2) is 0 Å². The Bertz CT molecular complexity index is 3150. The van der Waals surface area contributed by atoms with Crippen LogP contribution in [0.4, 0.5) is 0 Å². The molecule has 1 aromatic heterocycles.